The molecule has 2 aromatic carbocycles. The second-order valence-corrected chi connectivity index (χ2v) is 7.58. The molecule has 2 aromatic rings. The number of nitrogens with zero attached hydrogens (tertiary/aromatic N) is 1. The minimum absolute atomic E-state index is 0.0416. The number of carbonyl (C=O) groups excluding carboxylic acids is 2. The third-order valence-corrected chi connectivity index (χ3v) is 5.55. The molecule has 0 aromatic heterocycles. The molecule has 9 heteroatoms. The van der Waals surface area contributed by atoms with Gasteiger partial charge in [0.05, 0.1) is 7.11 Å². The van der Waals surface area contributed by atoms with Crippen LogP contribution in [0.4, 0.5) is 18.9 Å². The van der Waals surface area contributed by atoms with Crippen LogP contribution in [0.15, 0.2) is 48.5 Å². The maximum atomic E-state index is 12.8. The molecule has 0 radical (unpaired) electrons. The van der Waals surface area contributed by atoms with Crippen LogP contribution in [0.1, 0.15) is 24.3 Å². The molecule has 2 amide bonds. The van der Waals surface area contributed by atoms with Gasteiger partial charge in [0.25, 0.3) is 0 Å². The first-order valence-corrected chi connectivity index (χ1v) is 9.87. The zero-order valence-corrected chi connectivity index (χ0v) is 16.7. The molecule has 6 nitrogen and oxygen atoms in total. The molecule has 0 bridgehead atoms. The third-order valence-electron chi connectivity index (χ3n) is 5.55. The van der Waals surface area contributed by atoms with Crippen LogP contribution in [0.5, 0.6) is 11.5 Å². The lowest BCUT2D eigenvalue weighted by atomic mass is 10.1. The maximum absolute atomic E-state index is 12.8. The summed E-state index contributed by atoms with van der Waals surface area (Å²) in [5.74, 6) is -0.423. The lowest BCUT2D eigenvalue weighted by molar-refractivity contribution is -0.274. The number of amides is 2. The number of para-hydroxylation sites is 1. The lowest BCUT2D eigenvalue weighted by Gasteiger charge is -2.18. The van der Waals surface area contributed by atoms with Crippen molar-refractivity contribution >= 4 is 17.5 Å². The Bertz CT molecular complexity index is 995. The summed E-state index contributed by atoms with van der Waals surface area (Å²) in [6, 6.07) is 12.1. The SMILES string of the molecule is COc1ccccc1C1CC1C(=O)NC1CCN(c2cccc(OC(F)(F)F)c2)C1=O. The fourth-order valence-electron chi connectivity index (χ4n) is 4.00. The molecule has 0 spiro atoms. The Labute approximate surface area is 176 Å². The van der Waals surface area contributed by atoms with E-state index in [2.05, 4.69) is 10.1 Å². The van der Waals surface area contributed by atoms with Crippen molar-refractivity contribution in [3.8, 4) is 11.5 Å². The van der Waals surface area contributed by atoms with Crippen LogP contribution >= 0.6 is 0 Å². The molecule has 1 aliphatic carbocycles. The zero-order valence-electron chi connectivity index (χ0n) is 16.7. The third kappa shape index (κ3) is 4.60. The molecule has 31 heavy (non-hydrogen) atoms. The average molecular weight is 434 g/mol. The van der Waals surface area contributed by atoms with Crippen LogP contribution < -0.4 is 19.7 Å². The van der Waals surface area contributed by atoms with Gasteiger partial charge in [0.2, 0.25) is 11.8 Å². The van der Waals surface area contributed by atoms with Gasteiger partial charge in [-0.25, -0.2) is 0 Å². The van der Waals surface area contributed by atoms with Crippen molar-refractivity contribution in [1.29, 1.82) is 0 Å². The summed E-state index contributed by atoms with van der Waals surface area (Å²) in [6.45, 7) is 0.292. The Balaban J connectivity index is 1.38. The molecule has 3 unspecified atom stereocenters. The van der Waals surface area contributed by atoms with Crippen molar-refractivity contribution in [3.63, 3.8) is 0 Å². The van der Waals surface area contributed by atoms with E-state index < -0.39 is 18.2 Å². The van der Waals surface area contributed by atoms with Gasteiger partial charge in [0.15, 0.2) is 0 Å². The number of hydrogen-bond donors (Lipinski definition) is 1. The Hall–Kier alpha value is -3.23. The minimum Gasteiger partial charge on any atom is -0.496 e. The first-order chi connectivity index (χ1) is 14.8. The van der Waals surface area contributed by atoms with E-state index in [9.17, 15) is 22.8 Å². The molecular weight excluding hydrogens is 413 g/mol. The second-order valence-electron chi connectivity index (χ2n) is 7.58. The predicted molar refractivity (Wildman–Crippen MR) is 106 cm³/mol. The van der Waals surface area contributed by atoms with Gasteiger partial charge in [-0.3, -0.25) is 9.59 Å². The van der Waals surface area contributed by atoms with Crippen molar-refractivity contribution in [3.05, 3.63) is 54.1 Å². The number of methoxy groups -OCH3 is 1. The fourth-order valence-corrected chi connectivity index (χ4v) is 4.00. The fraction of sp³-hybridized carbons (Fsp3) is 0.364. The van der Waals surface area contributed by atoms with Crippen LogP contribution in [0.25, 0.3) is 0 Å². The highest BCUT2D eigenvalue weighted by Gasteiger charge is 2.47. The van der Waals surface area contributed by atoms with Crippen molar-refractivity contribution < 1.29 is 32.2 Å². The van der Waals surface area contributed by atoms with Gasteiger partial charge in [-0.15, -0.1) is 13.2 Å². The van der Waals surface area contributed by atoms with Crippen LogP contribution in [-0.2, 0) is 9.59 Å². The Morgan fingerprint density at radius 3 is 2.68 bits per heavy atom. The van der Waals surface area contributed by atoms with E-state index in [-0.39, 0.29) is 23.7 Å². The summed E-state index contributed by atoms with van der Waals surface area (Å²) in [4.78, 5) is 26.8. The van der Waals surface area contributed by atoms with Crippen LogP contribution in [0, 0.1) is 5.92 Å². The number of carbonyl (C=O) groups is 2. The highest BCUT2D eigenvalue weighted by Crippen LogP contribution is 2.50. The van der Waals surface area contributed by atoms with Crippen molar-refractivity contribution in [2.45, 2.75) is 31.2 Å². The highest BCUT2D eigenvalue weighted by atomic mass is 19.4. The van der Waals surface area contributed by atoms with Crippen LogP contribution in [0.3, 0.4) is 0 Å². The Morgan fingerprint density at radius 1 is 1.16 bits per heavy atom. The summed E-state index contributed by atoms with van der Waals surface area (Å²) in [6.07, 6.45) is -3.76. The van der Waals surface area contributed by atoms with Gasteiger partial charge in [-0.1, -0.05) is 24.3 Å². The van der Waals surface area contributed by atoms with Crippen LogP contribution in [-0.4, -0.2) is 37.9 Å². The summed E-state index contributed by atoms with van der Waals surface area (Å²) in [5, 5.41) is 2.80. The standard InChI is InChI=1S/C22H21F3N2O4/c1-30-19-8-3-2-7-15(19)16-12-17(16)20(28)26-18-9-10-27(21(18)29)13-5-4-6-14(11-13)31-22(23,24)25/h2-8,11,16-18H,9-10,12H2,1H3,(H,26,28). The molecule has 1 N–H and O–H groups in total. The largest absolute Gasteiger partial charge is 0.573 e. The molecule has 4 rings (SSSR count). The van der Waals surface area contributed by atoms with E-state index in [1.807, 2.05) is 24.3 Å². The lowest BCUT2D eigenvalue weighted by Crippen LogP contribution is -2.42. The quantitative estimate of drug-likeness (QED) is 0.754. The molecule has 1 saturated carbocycles. The summed E-state index contributed by atoms with van der Waals surface area (Å²) in [5.41, 5.74) is 1.26. The number of halogens is 3. The van der Waals surface area contributed by atoms with E-state index in [0.29, 0.717) is 25.1 Å². The van der Waals surface area contributed by atoms with Crippen molar-refractivity contribution in [2.24, 2.45) is 5.92 Å². The number of ether oxygens (including phenoxy) is 2. The van der Waals surface area contributed by atoms with Gasteiger partial charge in [-0.05, 0) is 42.5 Å². The molecule has 1 heterocycles. The smallest absolute Gasteiger partial charge is 0.496 e. The molecule has 1 aliphatic heterocycles. The first kappa shape index (κ1) is 21.0. The molecule has 164 valence electrons. The Morgan fingerprint density at radius 2 is 1.94 bits per heavy atom. The number of nitrogens with one attached hydrogen (secondary N) is 1. The highest BCUT2D eigenvalue weighted by molar-refractivity contribution is 6.01. The molecule has 2 aliphatic rings. The molecular formula is C22H21F3N2O4. The minimum atomic E-state index is -4.81. The maximum Gasteiger partial charge on any atom is 0.573 e. The average Bonchev–Trinajstić information content (AvgIpc) is 3.45. The number of benzene rings is 2. The molecule has 3 atom stereocenters. The summed E-state index contributed by atoms with van der Waals surface area (Å²) >= 11 is 0. The Kier molecular flexibility index (Phi) is 5.51. The number of hydrogen-bond acceptors (Lipinski definition) is 4. The van der Waals surface area contributed by atoms with E-state index in [0.717, 1.165) is 17.4 Å². The van der Waals surface area contributed by atoms with Gasteiger partial charge in [0, 0.05) is 24.2 Å². The van der Waals surface area contributed by atoms with E-state index in [1.165, 1.54) is 23.1 Å². The van der Waals surface area contributed by atoms with Gasteiger partial charge < -0.3 is 19.7 Å². The number of anilines is 1. The van der Waals surface area contributed by atoms with E-state index in [1.54, 1.807) is 7.11 Å². The second kappa shape index (κ2) is 8.13. The predicted octanol–water partition coefficient (Wildman–Crippen LogP) is 3.62. The van der Waals surface area contributed by atoms with Gasteiger partial charge >= 0.3 is 6.36 Å². The van der Waals surface area contributed by atoms with Crippen molar-refractivity contribution in [1.82, 2.24) is 5.32 Å². The van der Waals surface area contributed by atoms with Gasteiger partial charge in [0.1, 0.15) is 17.5 Å². The number of alkyl halides is 3. The monoisotopic (exact) mass is 434 g/mol. The number of rotatable bonds is 6. The molecule has 1 saturated heterocycles. The topological polar surface area (TPSA) is 67.9 Å². The van der Waals surface area contributed by atoms with E-state index >= 15 is 0 Å². The zero-order chi connectivity index (χ0) is 22.2. The van der Waals surface area contributed by atoms with Crippen LogP contribution in [0.2, 0.25) is 0 Å². The van der Waals surface area contributed by atoms with Crippen molar-refractivity contribution in [2.75, 3.05) is 18.6 Å². The normalized spacial score (nSPS) is 22.9. The molecule has 2 fully saturated rings. The van der Waals surface area contributed by atoms with Gasteiger partial charge in [-0.2, -0.15) is 0 Å². The van der Waals surface area contributed by atoms with E-state index in [4.69, 9.17) is 4.74 Å². The summed E-state index contributed by atoms with van der Waals surface area (Å²) < 4.78 is 46.7. The summed E-state index contributed by atoms with van der Waals surface area (Å²) in [7, 11) is 1.58. The first-order valence-electron chi connectivity index (χ1n) is 9.87.